The van der Waals surface area contributed by atoms with E-state index in [2.05, 4.69) is 26.1 Å². The number of imidazole rings is 1. The summed E-state index contributed by atoms with van der Waals surface area (Å²) in [6.07, 6.45) is 2.44. The first kappa shape index (κ1) is 23.3. The Bertz CT molecular complexity index is 1030. The molecule has 1 saturated heterocycles. The van der Waals surface area contributed by atoms with E-state index in [0.29, 0.717) is 30.0 Å². The van der Waals surface area contributed by atoms with Gasteiger partial charge in [-0.25, -0.2) is 9.78 Å². The molecule has 3 rings (SSSR count). The number of nitrogens with one attached hydrogen (secondary N) is 2. The normalized spacial score (nSPS) is 16.5. The highest BCUT2D eigenvalue weighted by Crippen LogP contribution is 2.33. The third-order valence-electron chi connectivity index (χ3n) is 5.59. The van der Waals surface area contributed by atoms with Crippen molar-refractivity contribution >= 4 is 24.6 Å². The largest absolute Gasteiger partial charge is 0.488 e. The molecule has 2 aromatic rings. The number of nitriles is 1. The molecule has 2 atom stereocenters. The van der Waals surface area contributed by atoms with Gasteiger partial charge < -0.3 is 30.0 Å². The minimum atomic E-state index is -1.67. The second kappa shape index (κ2) is 9.85. The van der Waals surface area contributed by atoms with Crippen LogP contribution >= 0.6 is 0 Å². The van der Waals surface area contributed by atoms with Crippen LogP contribution in [0.15, 0.2) is 24.4 Å². The van der Waals surface area contributed by atoms with E-state index in [1.807, 2.05) is 13.8 Å². The molecule has 1 aliphatic heterocycles. The topological polar surface area (TPSA) is 152 Å². The van der Waals surface area contributed by atoms with Crippen LogP contribution in [0.5, 0.6) is 0 Å². The molecule has 10 nitrogen and oxygen atoms in total. The number of hydrogen-bond acceptors (Lipinski definition) is 7. The number of hydrogen-bond donors (Lipinski definition) is 4. The van der Waals surface area contributed by atoms with Crippen molar-refractivity contribution in [2.24, 2.45) is 5.92 Å². The van der Waals surface area contributed by atoms with Crippen molar-refractivity contribution in [3.05, 3.63) is 35.8 Å². The summed E-state index contributed by atoms with van der Waals surface area (Å²) in [6, 6.07) is 5.61. The average Bonchev–Trinajstić information content (AvgIpc) is 3.45. The van der Waals surface area contributed by atoms with E-state index in [4.69, 9.17) is 0 Å². The Morgan fingerprint density at radius 2 is 2.16 bits per heavy atom. The van der Waals surface area contributed by atoms with Gasteiger partial charge in [0.05, 0.1) is 36.7 Å². The zero-order valence-corrected chi connectivity index (χ0v) is 18.2. The summed E-state index contributed by atoms with van der Waals surface area (Å²) >= 11 is 0. The maximum Gasteiger partial charge on any atom is 0.488 e. The molecule has 1 fully saturated rings. The van der Waals surface area contributed by atoms with E-state index in [0.717, 1.165) is 6.42 Å². The molecule has 0 aliphatic carbocycles. The van der Waals surface area contributed by atoms with Crippen molar-refractivity contribution in [1.82, 2.24) is 20.2 Å². The van der Waals surface area contributed by atoms with Crippen LogP contribution < -0.4 is 10.8 Å². The molecule has 1 aromatic heterocycles. The molecular weight excluding hydrogens is 413 g/mol. The van der Waals surface area contributed by atoms with E-state index >= 15 is 0 Å². The van der Waals surface area contributed by atoms with Crippen LogP contribution in [0.25, 0.3) is 11.3 Å². The summed E-state index contributed by atoms with van der Waals surface area (Å²) in [5, 5.41) is 30.8. The molecule has 0 saturated carbocycles. The molecule has 0 bridgehead atoms. The average molecular weight is 439 g/mol. The van der Waals surface area contributed by atoms with Crippen molar-refractivity contribution in [2.45, 2.75) is 38.8 Å². The quantitative estimate of drug-likeness (QED) is 0.483. The van der Waals surface area contributed by atoms with Gasteiger partial charge in [-0.05, 0) is 30.3 Å². The standard InChI is InChI=1S/C21H26BN5O5/c1-12(2)18(26-21(29)32-3)20(28)27-8-4-5-17(27)19-24-11-16(25-19)15-7-6-14(22(30)31)9-13(15)10-23/h6-7,9,11-12,17-18,30-31H,4-5,8H2,1-3H3,(H,24,25)(H,26,29)/t17-,18-/m0/s1. The van der Waals surface area contributed by atoms with Gasteiger partial charge in [0, 0.05) is 12.1 Å². The summed E-state index contributed by atoms with van der Waals surface area (Å²) in [5.74, 6) is 0.250. The number of carbonyl (C=O) groups excluding carboxylic acids is 2. The highest BCUT2D eigenvalue weighted by atomic mass is 16.5. The number of ether oxygens (including phenoxy) is 1. The Hall–Kier alpha value is -3.36. The fourth-order valence-corrected chi connectivity index (χ4v) is 3.89. The Labute approximate surface area is 186 Å². The third kappa shape index (κ3) is 4.76. The monoisotopic (exact) mass is 439 g/mol. The number of amides is 2. The molecule has 0 radical (unpaired) electrons. The van der Waals surface area contributed by atoms with Crippen molar-refractivity contribution in [2.75, 3.05) is 13.7 Å². The molecule has 2 amide bonds. The number of rotatable bonds is 6. The highest BCUT2D eigenvalue weighted by Gasteiger charge is 2.37. The minimum absolute atomic E-state index is 0.131. The second-order valence-corrected chi connectivity index (χ2v) is 8.02. The molecule has 0 spiro atoms. The second-order valence-electron chi connectivity index (χ2n) is 8.02. The van der Waals surface area contributed by atoms with E-state index < -0.39 is 19.3 Å². The van der Waals surface area contributed by atoms with Crippen LogP contribution in [0.1, 0.15) is 44.1 Å². The number of alkyl carbamates (subject to hydrolysis) is 1. The maximum absolute atomic E-state index is 13.2. The molecule has 11 heteroatoms. The zero-order valence-electron chi connectivity index (χ0n) is 18.2. The summed E-state index contributed by atoms with van der Waals surface area (Å²) in [4.78, 5) is 34.3. The first-order chi connectivity index (χ1) is 15.3. The van der Waals surface area contributed by atoms with Gasteiger partial charge in [0.25, 0.3) is 0 Å². The third-order valence-corrected chi connectivity index (χ3v) is 5.59. The van der Waals surface area contributed by atoms with Gasteiger partial charge in [-0.2, -0.15) is 5.26 Å². The Balaban J connectivity index is 1.86. The number of carbonyl (C=O) groups is 2. The Kier molecular flexibility index (Phi) is 7.17. The van der Waals surface area contributed by atoms with E-state index in [1.54, 1.807) is 17.2 Å². The van der Waals surface area contributed by atoms with Gasteiger partial charge in [-0.15, -0.1) is 0 Å². The predicted molar refractivity (Wildman–Crippen MR) is 116 cm³/mol. The number of benzene rings is 1. The number of methoxy groups -OCH3 is 1. The van der Waals surface area contributed by atoms with E-state index in [9.17, 15) is 24.9 Å². The lowest BCUT2D eigenvalue weighted by Gasteiger charge is -2.30. The van der Waals surface area contributed by atoms with Crippen LogP contribution in [0, 0.1) is 17.2 Å². The Morgan fingerprint density at radius 1 is 1.41 bits per heavy atom. The fraction of sp³-hybridized carbons (Fsp3) is 0.429. The first-order valence-corrected chi connectivity index (χ1v) is 10.4. The van der Waals surface area contributed by atoms with Gasteiger partial charge in [-0.1, -0.05) is 26.0 Å². The lowest BCUT2D eigenvalue weighted by atomic mass is 9.79. The molecular formula is C21H26BN5O5. The van der Waals surface area contributed by atoms with Gasteiger partial charge in [0.2, 0.25) is 5.91 Å². The highest BCUT2D eigenvalue weighted by molar-refractivity contribution is 6.58. The number of likely N-dealkylation sites (tertiary alicyclic amines) is 1. The summed E-state index contributed by atoms with van der Waals surface area (Å²) in [6.45, 7) is 4.24. The lowest BCUT2D eigenvalue weighted by molar-refractivity contribution is -0.135. The van der Waals surface area contributed by atoms with Crippen LogP contribution in [-0.2, 0) is 9.53 Å². The number of aromatic nitrogens is 2. The first-order valence-electron chi connectivity index (χ1n) is 10.4. The number of aromatic amines is 1. The summed E-state index contributed by atoms with van der Waals surface area (Å²) < 4.78 is 4.66. The molecule has 2 heterocycles. The van der Waals surface area contributed by atoms with Gasteiger partial charge in [-0.3, -0.25) is 4.79 Å². The molecule has 4 N–H and O–H groups in total. The molecule has 168 valence electrons. The van der Waals surface area contributed by atoms with Crippen LogP contribution in [0.4, 0.5) is 4.79 Å². The van der Waals surface area contributed by atoms with Crippen molar-refractivity contribution in [3.8, 4) is 17.3 Å². The van der Waals surface area contributed by atoms with E-state index in [1.165, 1.54) is 19.2 Å². The van der Waals surface area contributed by atoms with Gasteiger partial charge >= 0.3 is 13.2 Å². The molecule has 1 aliphatic rings. The fourth-order valence-electron chi connectivity index (χ4n) is 3.89. The van der Waals surface area contributed by atoms with E-state index in [-0.39, 0.29) is 28.9 Å². The number of H-pyrrole nitrogens is 1. The van der Waals surface area contributed by atoms with Gasteiger partial charge in [0.15, 0.2) is 0 Å². The number of nitrogens with zero attached hydrogens (tertiary/aromatic N) is 3. The van der Waals surface area contributed by atoms with Crippen molar-refractivity contribution < 1.29 is 24.4 Å². The lowest BCUT2D eigenvalue weighted by Crippen LogP contribution is -2.51. The maximum atomic E-state index is 13.2. The smallest absolute Gasteiger partial charge is 0.453 e. The predicted octanol–water partition coefficient (Wildman–Crippen LogP) is 0.672. The molecule has 32 heavy (non-hydrogen) atoms. The van der Waals surface area contributed by atoms with Crippen molar-refractivity contribution in [3.63, 3.8) is 0 Å². The van der Waals surface area contributed by atoms with Gasteiger partial charge in [0.1, 0.15) is 11.9 Å². The SMILES string of the molecule is COC(=O)N[C@H](C(=O)N1CCC[C@H]1c1ncc(-c2ccc(B(O)O)cc2C#N)[nH]1)C(C)C. The zero-order chi connectivity index (χ0) is 23.4. The summed E-state index contributed by atoms with van der Waals surface area (Å²) in [5.41, 5.74) is 1.64. The van der Waals surface area contributed by atoms with Crippen LogP contribution in [0.2, 0.25) is 0 Å². The van der Waals surface area contributed by atoms with Crippen LogP contribution in [-0.4, -0.2) is 63.7 Å². The summed E-state index contributed by atoms with van der Waals surface area (Å²) in [7, 11) is -0.414. The van der Waals surface area contributed by atoms with Crippen LogP contribution in [0.3, 0.4) is 0 Å². The Morgan fingerprint density at radius 3 is 2.78 bits per heavy atom. The van der Waals surface area contributed by atoms with Crippen molar-refractivity contribution in [1.29, 1.82) is 5.26 Å². The minimum Gasteiger partial charge on any atom is -0.453 e. The molecule has 0 unspecified atom stereocenters. The molecule has 1 aromatic carbocycles.